The Labute approximate surface area is 117 Å². The minimum Gasteiger partial charge on any atom is -0.465 e. The van der Waals surface area contributed by atoms with Gasteiger partial charge in [0.2, 0.25) is 0 Å². The second-order valence-electron chi connectivity index (χ2n) is 6.51. The molecule has 19 heavy (non-hydrogen) atoms. The average molecular weight is 264 g/mol. The molecule has 2 aliphatic rings. The van der Waals surface area contributed by atoms with E-state index in [1.54, 1.807) is 0 Å². The van der Waals surface area contributed by atoms with E-state index in [1.165, 1.54) is 32.1 Å². The minimum atomic E-state index is -0.234. The number of hydrogen-bond donors (Lipinski definition) is 0. The number of hydrogen-bond acceptors (Lipinski definition) is 2. The van der Waals surface area contributed by atoms with Crippen molar-refractivity contribution in [3.05, 3.63) is 12.2 Å². The van der Waals surface area contributed by atoms with Crippen molar-refractivity contribution in [2.75, 3.05) is 6.61 Å². The van der Waals surface area contributed by atoms with Crippen molar-refractivity contribution in [3.63, 3.8) is 0 Å². The van der Waals surface area contributed by atoms with Gasteiger partial charge in [-0.25, -0.2) is 0 Å². The predicted octanol–water partition coefficient (Wildman–Crippen LogP) is 4.49. The Morgan fingerprint density at radius 3 is 2.58 bits per heavy atom. The van der Waals surface area contributed by atoms with Crippen LogP contribution < -0.4 is 0 Å². The third-order valence-electron chi connectivity index (χ3n) is 4.87. The summed E-state index contributed by atoms with van der Waals surface area (Å²) in [5.41, 5.74) is -0.234. The molecule has 2 bridgehead atoms. The topological polar surface area (TPSA) is 26.3 Å². The number of esters is 1. The van der Waals surface area contributed by atoms with Crippen LogP contribution in [0.15, 0.2) is 12.2 Å². The molecule has 1 fully saturated rings. The second-order valence-corrected chi connectivity index (χ2v) is 6.51. The monoisotopic (exact) mass is 264 g/mol. The lowest BCUT2D eigenvalue weighted by Gasteiger charge is -2.28. The summed E-state index contributed by atoms with van der Waals surface area (Å²) in [6.45, 7) is 4.93. The fraction of sp³-hybridized carbons (Fsp3) is 0.824. The highest BCUT2D eigenvalue weighted by atomic mass is 16.5. The van der Waals surface area contributed by atoms with Gasteiger partial charge in [0.05, 0.1) is 12.0 Å². The van der Waals surface area contributed by atoms with E-state index in [1.807, 2.05) is 0 Å². The molecule has 2 aliphatic carbocycles. The van der Waals surface area contributed by atoms with Crippen LogP contribution in [0.2, 0.25) is 0 Å². The van der Waals surface area contributed by atoms with Crippen molar-refractivity contribution >= 4 is 5.97 Å². The van der Waals surface area contributed by atoms with Gasteiger partial charge >= 0.3 is 5.97 Å². The maximum absolute atomic E-state index is 12.2. The van der Waals surface area contributed by atoms with E-state index in [4.69, 9.17) is 4.74 Å². The Morgan fingerprint density at radius 1 is 1.21 bits per heavy atom. The van der Waals surface area contributed by atoms with Crippen LogP contribution in [0.1, 0.15) is 65.2 Å². The van der Waals surface area contributed by atoms with Gasteiger partial charge in [-0.1, -0.05) is 51.2 Å². The SMILES string of the molecule is CCCCCCCCOC(=O)C1(C)CC2C=CC1C2. The molecule has 2 rings (SSSR count). The van der Waals surface area contributed by atoms with Crippen LogP contribution in [0.5, 0.6) is 0 Å². The summed E-state index contributed by atoms with van der Waals surface area (Å²) in [5, 5.41) is 0. The summed E-state index contributed by atoms with van der Waals surface area (Å²) in [7, 11) is 0. The van der Waals surface area contributed by atoms with E-state index >= 15 is 0 Å². The fourth-order valence-corrected chi connectivity index (χ4v) is 3.54. The standard InChI is InChI=1S/C17H28O2/c1-3-4-5-6-7-8-11-19-16(18)17(2)13-14-9-10-15(17)12-14/h9-10,14-15H,3-8,11-13H2,1-2H3. The van der Waals surface area contributed by atoms with E-state index in [0.717, 1.165) is 19.3 Å². The van der Waals surface area contributed by atoms with Gasteiger partial charge in [-0.05, 0) is 38.0 Å². The molecule has 108 valence electrons. The summed E-state index contributed by atoms with van der Waals surface area (Å²) in [5.74, 6) is 1.09. The number of carbonyl (C=O) groups is 1. The Bertz CT molecular complexity index is 334. The van der Waals surface area contributed by atoms with Crippen molar-refractivity contribution in [1.82, 2.24) is 0 Å². The number of fused-ring (bicyclic) bond motifs is 2. The number of allylic oxidation sites excluding steroid dienone is 2. The van der Waals surface area contributed by atoms with Gasteiger partial charge in [-0.3, -0.25) is 4.79 Å². The lowest BCUT2D eigenvalue weighted by molar-refractivity contribution is -0.156. The van der Waals surface area contributed by atoms with Crippen LogP contribution in [0.25, 0.3) is 0 Å². The molecular weight excluding hydrogens is 236 g/mol. The highest BCUT2D eigenvalue weighted by molar-refractivity contribution is 5.78. The third-order valence-corrected chi connectivity index (χ3v) is 4.87. The summed E-state index contributed by atoms with van der Waals surface area (Å²) in [4.78, 5) is 12.2. The van der Waals surface area contributed by atoms with Crippen LogP contribution in [-0.2, 0) is 9.53 Å². The van der Waals surface area contributed by atoms with Crippen LogP contribution in [0.3, 0.4) is 0 Å². The zero-order valence-electron chi connectivity index (χ0n) is 12.5. The van der Waals surface area contributed by atoms with Crippen molar-refractivity contribution in [1.29, 1.82) is 0 Å². The predicted molar refractivity (Wildman–Crippen MR) is 77.8 cm³/mol. The van der Waals surface area contributed by atoms with E-state index in [0.29, 0.717) is 18.4 Å². The van der Waals surface area contributed by atoms with Gasteiger partial charge in [0, 0.05) is 0 Å². The first-order valence-corrected chi connectivity index (χ1v) is 8.02. The molecule has 0 aromatic heterocycles. The van der Waals surface area contributed by atoms with E-state index < -0.39 is 0 Å². The van der Waals surface area contributed by atoms with Crippen molar-refractivity contribution in [2.45, 2.75) is 65.2 Å². The lowest BCUT2D eigenvalue weighted by atomic mass is 9.78. The third kappa shape index (κ3) is 3.40. The molecular formula is C17H28O2. The van der Waals surface area contributed by atoms with Crippen molar-refractivity contribution in [2.24, 2.45) is 17.3 Å². The molecule has 3 atom stereocenters. The zero-order chi connectivity index (χ0) is 13.7. The molecule has 0 N–H and O–H groups in total. The maximum atomic E-state index is 12.2. The normalized spacial score (nSPS) is 31.9. The zero-order valence-corrected chi connectivity index (χ0v) is 12.5. The first kappa shape index (κ1) is 14.6. The molecule has 1 saturated carbocycles. The molecule has 2 nitrogen and oxygen atoms in total. The fourth-order valence-electron chi connectivity index (χ4n) is 3.54. The van der Waals surface area contributed by atoms with Crippen LogP contribution in [0.4, 0.5) is 0 Å². The van der Waals surface area contributed by atoms with E-state index in [-0.39, 0.29) is 11.4 Å². The summed E-state index contributed by atoms with van der Waals surface area (Å²) < 4.78 is 5.52. The smallest absolute Gasteiger partial charge is 0.312 e. The number of unbranched alkanes of at least 4 members (excludes halogenated alkanes) is 5. The average Bonchev–Trinajstić information content (AvgIpc) is 2.98. The van der Waals surface area contributed by atoms with Crippen LogP contribution in [-0.4, -0.2) is 12.6 Å². The molecule has 2 heteroatoms. The summed E-state index contributed by atoms with van der Waals surface area (Å²) >= 11 is 0. The minimum absolute atomic E-state index is 0.0397. The molecule has 0 spiro atoms. The van der Waals surface area contributed by atoms with Gasteiger partial charge in [-0.15, -0.1) is 0 Å². The molecule has 0 aliphatic heterocycles. The molecule has 0 saturated heterocycles. The Morgan fingerprint density at radius 2 is 1.95 bits per heavy atom. The number of carbonyl (C=O) groups excluding carboxylic acids is 1. The van der Waals surface area contributed by atoms with Crippen LogP contribution >= 0.6 is 0 Å². The summed E-state index contributed by atoms with van der Waals surface area (Å²) in [6.07, 6.45) is 14.1. The molecule has 0 aromatic rings. The highest BCUT2D eigenvalue weighted by Crippen LogP contribution is 2.52. The summed E-state index contributed by atoms with van der Waals surface area (Å²) in [6, 6.07) is 0. The molecule has 0 heterocycles. The van der Waals surface area contributed by atoms with Gasteiger partial charge in [0.15, 0.2) is 0 Å². The largest absolute Gasteiger partial charge is 0.465 e. The lowest BCUT2D eigenvalue weighted by Crippen LogP contribution is -2.34. The Balaban J connectivity index is 1.61. The Kier molecular flexibility index (Phi) is 5.06. The molecule has 0 radical (unpaired) electrons. The van der Waals surface area contributed by atoms with Gasteiger partial charge in [0.25, 0.3) is 0 Å². The Hall–Kier alpha value is -0.790. The van der Waals surface area contributed by atoms with Gasteiger partial charge in [-0.2, -0.15) is 0 Å². The number of ether oxygens (including phenoxy) is 1. The molecule has 3 unspecified atom stereocenters. The first-order valence-electron chi connectivity index (χ1n) is 8.02. The number of rotatable bonds is 8. The van der Waals surface area contributed by atoms with E-state index in [2.05, 4.69) is 26.0 Å². The first-order chi connectivity index (χ1) is 9.16. The van der Waals surface area contributed by atoms with Gasteiger partial charge < -0.3 is 4.74 Å². The van der Waals surface area contributed by atoms with E-state index in [9.17, 15) is 4.79 Å². The quantitative estimate of drug-likeness (QED) is 0.367. The van der Waals surface area contributed by atoms with Gasteiger partial charge in [0.1, 0.15) is 0 Å². The molecule has 0 aromatic carbocycles. The second kappa shape index (κ2) is 6.58. The molecule has 0 amide bonds. The highest BCUT2D eigenvalue weighted by Gasteiger charge is 2.50. The maximum Gasteiger partial charge on any atom is 0.312 e. The van der Waals surface area contributed by atoms with Crippen LogP contribution in [0, 0.1) is 17.3 Å². The van der Waals surface area contributed by atoms with Crippen molar-refractivity contribution < 1.29 is 9.53 Å². The van der Waals surface area contributed by atoms with Crippen molar-refractivity contribution in [3.8, 4) is 0 Å².